The number of carbonyl (C=O) groups excluding carboxylic acids is 2. The SMILES string of the molecule is CC(=O)Nc1c(-c2ccccn2)nsc1C(=O)N1CCCCCC1. The summed E-state index contributed by atoms with van der Waals surface area (Å²) in [5.41, 5.74) is 1.67. The molecule has 1 aliphatic rings. The van der Waals surface area contributed by atoms with Gasteiger partial charge in [0.15, 0.2) is 0 Å². The first-order chi connectivity index (χ1) is 11.7. The number of pyridine rings is 1. The van der Waals surface area contributed by atoms with Gasteiger partial charge >= 0.3 is 0 Å². The first-order valence-corrected chi connectivity index (χ1v) is 8.92. The number of likely N-dealkylation sites (tertiary alicyclic amines) is 1. The summed E-state index contributed by atoms with van der Waals surface area (Å²) >= 11 is 1.13. The molecule has 2 aromatic heterocycles. The minimum Gasteiger partial charge on any atom is -0.338 e. The Kier molecular flexibility index (Phi) is 5.20. The van der Waals surface area contributed by atoms with Gasteiger partial charge < -0.3 is 10.2 Å². The summed E-state index contributed by atoms with van der Waals surface area (Å²) in [6.07, 6.45) is 6.02. The molecule has 7 heteroatoms. The lowest BCUT2D eigenvalue weighted by atomic mass is 10.2. The molecule has 0 bridgehead atoms. The fraction of sp³-hybridized carbons (Fsp3) is 0.412. The number of carbonyl (C=O) groups is 2. The normalized spacial score (nSPS) is 15.0. The van der Waals surface area contributed by atoms with E-state index in [-0.39, 0.29) is 11.8 Å². The minimum atomic E-state index is -0.225. The van der Waals surface area contributed by atoms with Crippen LogP contribution in [0.15, 0.2) is 24.4 Å². The lowest BCUT2D eigenvalue weighted by Gasteiger charge is -2.20. The van der Waals surface area contributed by atoms with Crippen molar-refractivity contribution in [2.75, 3.05) is 18.4 Å². The second kappa shape index (κ2) is 7.53. The molecule has 0 aliphatic carbocycles. The summed E-state index contributed by atoms with van der Waals surface area (Å²) < 4.78 is 4.40. The molecule has 0 radical (unpaired) electrons. The fourth-order valence-electron chi connectivity index (χ4n) is 2.82. The number of nitrogens with zero attached hydrogens (tertiary/aromatic N) is 3. The molecule has 3 rings (SSSR count). The maximum absolute atomic E-state index is 12.9. The van der Waals surface area contributed by atoms with Gasteiger partial charge in [-0.2, -0.15) is 4.37 Å². The number of anilines is 1. The summed E-state index contributed by atoms with van der Waals surface area (Å²) in [6.45, 7) is 2.95. The number of aromatic nitrogens is 2. The molecule has 3 heterocycles. The molecule has 2 amide bonds. The van der Waals surface area contributed by atoms with Crippen LogP contribution in [0.4, 0.5) is 5.69 Å². The van der Waals surface area contributed by atoms with Crippen molar-refractivity contribution in [2.24, 2.45) is 0 Å². The van der Waals surface area contributed by atoms with Gasteiger partial charge in [0.25, 0.3) is 5.91 Å². The molecule has 0 saturated carbocycles. The third kappa shape index (κ3) is 3.62. The highest BCUT2D eigenvalue weighted by Gasteiger charge is 2.26. The predicted molar refractivity (Wildman–Crippen MR) is 94.0 cm³/mol. The van der Waals surface area contributed by atoms with Gasteiger partial charge in [-0.25, -0.2) is 0 Å². The van der Waals surface area contributed by atoms with E-state index in [0.717, 1.165) is 50.3 Å². The molecular formula is C17H20N4O2S. The van der Waals surface area contributed by atoms with Crippen LogP contribution in [0.5, 0.6) is 0 Å². The van der Waals surface area contributed by atoms with Crippen LogP contribution in [0.1, 0.15) is 42.3 Å². The molecule has 126 valence electrons. The molecule has 1 N–H and O–H groups in total. The van der Waals surface area contributed by atoms with Crippen LogP contribution in [-0.4, -0.2) is 39.2 Å². The van der Waals surface area contributed by atoms with Crippen LogP contribution in [0.25, 0.3) is 11.4 Å². The van der Waals surface area contributed by atoms with E-state index in [1.54, 1.807) is 6.20 Å². The summed E-state index contributed by atoms with van der Waals surface area (Å²) in [5.74, 6) is -0.280. The van der Waals surface area contributed by atoms with Gasteiger partial charge in [0, 0.05) is 26.2 Å². The highest BCUT2D eigenvalue weighted by molar-refractivity contribution is 7.09. The van der Waals surface area contributed by atoms with Gasteiger partial charge in [-0.1, -0.05) is 18.9 Å². The topological polar surface area (TPSA) is 75.2 Å². The molecule has 1 fully saturated rings. The van der Waals surface area contributed by atoms with Gasteiger partial charge in [-0.15, -0.1) is 0 Å². The van der Waals surface area contributed by atoms with Crippen LogP contribution >= 0.6 is 11.5 Å². The Bertz CT molecular complexity index is 721. The predicted octanol–water partition coefficient (Wildman–Crippen LogP) is 3.18. The Balaban J connectivity index is 1.96. The second-order valence-electron chi connectivity index (χ2n) is 5.84. The average Bonchev–Trinajstić information content (AvgIpc) is 2.81. The summed E-state index contributed by atoms with van der Waals surface area (Å²) in [7, 11) is 0. The van der Waals surface area contributed by atoms with Crippen molar-refractivity contribution in [1.82, 2.24) is 14.3 Å². The quantitative estimate of drug-likeness (QED) is 0.928. The van der Waals surface area contributed by atoms with E-state index in [9.17, 15) is 9.59 Å². The third-order valence-electron chi connectivity index (χ3n) is 3.99. The van der Waals surface area contributed by atoms with Gasteiger partial charge in [0.2, 0.25) is 5.91 Å². The van der Waals surface area contributed by atoms with Crippen molar-refractivity contribution in [3.05, 3.63) is 29.3 Å². The first kappa shape index (κ1) is 16.6. The molecule has 0 aromatic carbocycles. The smallest absolute Gasteiger partial charge is 0.267 e. The zero-order valence-electron chi connectivity index (χ0n) is 13.6. The first-order valence-electron chi connectivity index (χ1n) is 8.15. The average molecular weight is 344 g/mol. The highest BCUT2D eigenvalue weighted by atomic mass is 32.1. The Morgan fingerprint density at radius 3 is 2.54 bits per heavy atom. The van der Waals surface area contributed by atoms with Crippen LogP contribution in [0.2, 0.25) is 0 Å². The van der Waals surface area contributed by atoms with Gasteiger partial charge in [-0.05, 0) is 36.5 Å². The van der Waals surface area contributed by atoms with Crippen LogP contribution in [0.3, 0.4) is 0 Å². The molecule has 6 nitrogen and oxygen atoms in total. The van der Waals surface area contributed by atoms with Gasteiger partial charge in [0.05, 0.1) is 11.4 Å². The van der Waals surface area contributed by atoms with Crippen LogP contribution < -0.4 is 5.32 Å². The standard InChI is InChI=1S/C17H20N4O2S/c1-12(22)19-15-14(13-8-4-5-9-18-13)20-24-16(15)17(23)21-10-6-2-3-7-11-21/h4-5,8-9H,2-3,6-7,10-11H2,1H3,(H,19,22). The summed E-state index contributed by atoms with van der Waals surface area (Å²) in [4.78, 5) is 31.2. The van der Waals surface area contributed by atoms with Crippen molar-refractivity contribution in [3.63, 3.8) is 0 Å². The van der Waals surface area contributed by atoms with E-state index in [1.807, 2.05) is 23.1 Å². The molecule has 2 aromatic rings. The van der Waals surface area contributed by atoms with Crippen LogP contribution in [-0.2, 0) is 4.79 Å². The maximum Gasteiger partial charge on any atom is 0.267 e. The Morgan fingerprint density at radius 2 is 1.92 bits per heavy atom. The van der Waals surface area contributed by atoms with Gasteiger partial charge in [0.1, 0.15) is 10.6 Å². The van der Waals surface area contributed by atoms with E-state index in [1.165, 1.54) is 6.92 Å². The second-order valence-corrected chi connectivity index (χ2v) is 6.61. The maximum atomic E-state index is 12.9. The lowest BCUT2D eigenvalue weighted by Crippen LogP contribution is -2.31. The number of nitrogens with one attached hydrogen (secondary N) is 1. The van der Waals surface area contributed by atoms with E-state index in [4.69, 9.17) is 0 Å². The van der Waals surface area contributed by atoms with Crippen molar-refractivity contribution in [1.29, 1.82) is 0 Å². The molecule has 0 unspecified atom stereocenters. The van der Waals surface area contributed by atoms with E-state index in [0.29, 0.717) is 22.0 Å². The van der Waals surface area contributed by atoms with Crippen molar-refractivity contribution < 1.29 is 9.59 Å². The molecule has 1 saturated heterocycles. The summed E-state index contributed by atoms with van der Waals surface area (Å²) in [6, 6.07) is 5.49. The molecule has 24 heavy (non-hydrogen) atoms. The molecule has 0 atom stereocenters. The number of hydrogen-bond acceptors (Lipinski definition) is 5. The molecule has 0 spiro atoms. The fourth-order valence-corrected chi connectivity index (χ4v) is 3.64. The third-order valence-corrected chi connectivity index (χ3v) is 4.82. The molecular weight excluding hydrogens is 324 g/mol. The van der Waals surface area contributed by atoms with Gasteiger partial charge in [-0.3, -0.25) is 14.6 Å². The van der Waals surface area contributed by atoms with Crippen molar-refractivity contribution in [2.45, 2.75) is 32.6 Å². The van der Waals surface area contributed by atoms with E-state index >= 15 is 0 Å². The van der Waals surface area contributed by atoms with E-state index < -0.39 is 0 Å². The van der Waals surface area contributed by atoms with Crippen molar-refractivity contribution >= 4 is 29.0 Å². The lowest BCUT2D eigenvalue weighted by molar-refractivity contribution is -0.114. The summed E-state index contributed by atoms with van der Waals surface area (Å²) in [5, 5.41) is 2.78. The number of hydrogen-bond donors (Lipinski definition) is 1. The van der Waals surface area contributed by atoms with Crippen LogP contribution in [0, 0.1) is 0 Å². The zero-order valence-corrected chi connectivity index (χ0v) is 14.4. The number of rotatable bonds is 3. The Morgan fingerprint density at radius 1 is 1.17 bits per heavy atom. The minimum absolute atomic E-state index is 0.0552. The number of amides is 2. The zero-order chi connectivity index (χ0) is 16.9. The Hall–Kier alpha value is -2.28. The van der Waals surface area contributed by atoms with E-state index in [2.05, 4.69) is 14.7 Å². The molecule has 1 aliphatic heterocycles. The highest BCUT2D eigenvalue weighted by Crippen LogP contribution is 2.33. The largest absolute Gasteiger partial charge is 0.338 e. The Labute approximate surface area is 145 Å². The van der Waals surface area contributed by atoms with Crippen molar-refractivity contribution in [3.8, 4) is 11.4 Å². The monoisotopic (exact) mass is 344 g/mol.